The first-order valence-corrected chi connectivity index (χ1v) is 6.45. The summed E-state index contributed by atoms with van der Waals surface area (Å²) in [5.41, 5.74) is 2.66. The Morgan fingerprint density at radius 1 is 1.42 bits per heavy atom. The second-order valence-corrected chi connectivity index (χ2v) is 4.68. The van der Waals surface area contributed by atoms with Crippen LogP contribution in [0.3, 0.4) is 0 Å². The van der Waals surface area contributed by atoms with Crippen molar-refractivity contribution in [1.82, 2.24) is 5.16 Å². The molecule has 1 atom stereocenters. The van der Waals surface area contributed by atoms with E-state index in [1.54, 1.807) is 13.0 Å². The highest BCUT2D eigenvalue weighted by Crippen LogP contribution is 2.26. The Kier molecular flexibility index (Phi) is 4.00. The van der Waals surface area contributed by atoms with Crippen molar-refractivity contribution in [1.29, 1.82) is 0 Å². The van der Waals surface area contributed by atoms with Gasteiger partial charge in [0.1, 0.15) is 0 Å². The first-order chi connectivity index (χ1) is 9.11. The monoisotopic (exact) mass is 258 g/mol. The topological polar surface area (TPSA) is 55.1 Å². The van der Waals surface area contributed by atoms with Crippen molar-refractivity contribution in [2.45, 2.75) is 33.1 Å². The Bertz CT molecular complexity index is 575. The standard InChI is InChI=1S/C15H18N2O2/c1-4-10(2)12-7-5-6-8-13(12)16-15(18)14-9-11(3)17-19-14/h5-10H,4H2,1-3H3,(H,16,18)/t10-/m0/s1. The minimum absolute atomic E-state index is 0.233. The number of aryl methyl sites for hydroxylation is 1. The molecule has 1 amide bonds. The van der Waals surface area contributed by atoms with E-state index in [9.17, 15) is 4.79 Å². The fraction of sp³-hybridized carbons (Fsp3) is 0.333. The SMILES string of the molecule is CC[C@H](C)c1ccccc1NC(=O)c1cc(C)no1. The number of carbonyl (C=O) groups excluding carboxylic acids is 1. The van der Waals surface area contributed by atoms with Gasteiger partial charge >= 0.3 is 0 Å². The summed E-state index contributed by atoms with van der Waals surface area (Å²) in [6.07, 6.45) is 1.02. The Labute approximate surface area is 112 Å². The number of benzene rings is 1. The molecule has 0 unspecified atom stereocenters. The van der Waals surface area contributed by atoms with Gasteiger partial charge in [-0.3, -0.25) is 4.79 Å². The van der Waals surface area contributed by atoms with Gasteiger partial charge in [0.05, 0.1) is 5.69 Å². The highest BCUT2D eigenvalue weighted by molar-refractivity contribution is 6.02. The van der Waals surface area contributed by atoms with Gasteiger partial charge in [0.25, 0.3) is 5.91 Å². The smallest absolute Gasteiger partial charge is 0.294 e. The molecule has 4 nitrogen and oxygen atoms in total. The summed E-state index contributed by atoms with van der Waals surface area (Å²) < 4.78 is 4.96. The van der Waals surface area contributed by atoms with E-state index in [0.717, 1.165) is 17.7 Å². The summed E-state index contributed by atoms with van der Waals surface area (Å²) in [6, 6.07) is 9.46. The van der Waals surface area contributed by atoms with Gasteiger partial charge in [-0.2, -0.15) is 0 Å². The Morgan fingerprint density at radius 3 is 2.79 bits per heavy atom. The second kappa shape index (κ2) is 5.69. The van der Waals surface area contributed by atoms with Crippen LogP contribution in [0.5, 0.6) is 0 Å². The van der Waals surface area contributed by atoms with Crippen molar-refractivity contribution >= 4 is 11.6 Å². The van der Waals surface area contributed by atoms with Crippen LogP contribution in [0.1, 0.15) is 48.0 Å². The molecule has 0 bridgehead atoms. The van der Waals surface area contributed by atoms with E-state index in [1.807, 2.05) is 24.3 Å². The summed E-state index contributed by atoms with van der Waals surface area (Å²) in [7, 11) is 0. The Hall–Kier alpha value is -2.10. The molecular weight excluding hydrogens is 240 g/mol. The van der Waals surface area contributed by atoms with Crippen LogP contribution in [0.25, 0.3) is 0 Å². The van der Waals surface area contributed by atoms with Crippen LogP contribution in [0, 0.1) is 6.92 Å². The van der Waals surface area contributed by atoms with E-state index in [2.05, 4.69) is 24.3 Å². The Morgan fingerprint density at radius 2 is 2.16 bits per heavy atom. The third-order valence-corrected chi connectivity index (χ3v) is 3.20. The lowest BCUT2D eigenvalue weighted by atomic mass is 9.97. The normalized spacial score (nSPS) is 12.2. The lowest BCUT2D eigenvalue weighted by molar-refractivity contribution is 0.0987. The van der Waals surface area contributed by atoms with Gasteiger partial charge in [-0.25, -0.2) is 0 Å². The van der Waals surface area contributed by atoms with Crippen LogP contribution >= 0.6 is 0 Å². The summed E-state index contributed by atoms with van der Waals surface area (Å²) in [5, 5.41) is 6.60. The molecule has 100 valence electrons. The molecule has 0 spiro atoms. The molecule has 0 saturated heterocycles. The number of aromatic nitrogens is 1. The highest BCUT2D eigenvalue weighted by Gasteiger charge is 2.15. The van der Waals surface area contributed by atoms with Gasteiger partial charge < -0.3 is 9.84 Å². The molecule has 0 radical (unpaired) electrons. The van der Waals surface area contributed by atoms with Crippen molar-refractivity contribution in [3.05, 3.63) is 47.3 Å². The average molecular weight is 258 g/mol. The first kappa shape index (κ1) is 13.3. The Balaban J connectivity index is 2.21. The predicted molar refractivity (Wildman–Crippen MR) is 74.3 cm³/mol. The van der Waals surface area contributed by atoms with Gasteiger partial charge in [0, 0.05) is 11.8 Å². The van der Waals surface area contributed by atoms with E-state index in [0.29, 0.717) is 11.6 Å². The van der Waals surface area contributed by atoms with Crippen molar-refractivity contribution in [2.75, 3.05) is 5.32 Å². The van der Waals surface area contributed by atoms with Crippen LogP contribution in [0.15, 0.2) is 34.9 Å². The van der Waals surface area contributed by atoms with Crippen molar-refractivity contribution in [2.24, 2.45) is 0 Å². The number of para-hydroxylation sites is 1. The molecule has 0 saturated carbocycles. The molecule has 19 heavy (non-hydrogen) atoms. The summed E-state index contributed by atoms with van der Waals surface area (Å²) in [6.45, 7) is 6.06. The van der Waals surface area contributed by atoms with Crippen molar-refractivity contribution in [3.8, 4) is 0 Å². The van der Waals surface area contributed by atoms with E-state index in [1.165, 1.54) is 0 Å². The largest absolute Gasteiger partial charge is 0.351 e. The second-order valence-electron chi connectivity index (χ2n) is 4.68. The number of hydrogen-bond acceptors (Lipinski definition) is 3. The van der Waals surface area contributed by atoms with E-state index in [-0.39, 0.29) is 11.7 Å². The molecule has 1 heterocycles. The number of anilines is 1. The fourth-order valence-electron chi connectivity index (χ4n) is 1.91. The molecule has 0 aliphatic rings. The van der Waals surface area contributed by atoms with Crippen molar-refractivity contribution in [3.63, 3.8) is 0 Å². The molecule has 2 aromatic rings. The maximum Gasteiger partial charge on any atom is 0.294 e. The molecule has 0 aliphatic carbocycles. The molecule has 0 fully saturated rings. The maximum atomic E-state index is 12.0. The zero-order valence-electron chi connectivity index (χ0n) is 11.4. The number of rotatable bonds is 4. The van der Waals surface area contributed by atoms with Gasteiger partial charge in [-0.05, 0) is 30.9 Å². The fourth-order valence-corrected chi connectivity index (χ4v) is 1.91. The van der Waals surface area contributed by atoms with Gasteiger partial charge in [0.15, 0.2) is 0 Å². The quantitative estimate of drug-likeness (QED) is 0.908. The van der Waals surface area contributed by atoms with Crippen LogP contribution < -0.4 is 5.32 Å². The lowest BCUT2D eigenvalue weighted by Gasteiger charge is -2.14. The number of amides is 1. The predicted octanol–water partition coefficient (Wildman–Crippen LogP) is 3.75. The average Bonchev–Trinajstić information content (AvgIpc) is 2.85. The van der Waals surface area contributed by atoms with E-state index < -0.39 is 0 Å². The summed E-state index contributed by atoms with van der Waals surface area (Å²) in [4.78, 5) is 12.0. The van der Waals surface area contributed by atoms with E-state index in [4.69, 9.17) is 4.52 Å². The highest BCUT2D eigenvalue weighted by atomic mass is 16.5. The zero-order valence-corrected chi connectivity index (χ0v) is 11.4. The molecule has 1 N–H and O–H groups in total. The molecule has 0 aliphatic heterocycles. The molecule has 1 aromatic heterocycles. The zero-order chi connectivity index (χ0) is 13.8. The van der Waals surface area contributed by atoms with Crippen LogP contribution in [-0.2, 0) is 0 Å². The minimum atomic E-state index is -0.267. The summed E-state index contributed by atoms with van der Waals surface area (Å²) in [5.74, 6) is 0.362. The number of hydrogen-bond donors (Lipinski definition) is 1. The lowest BCUT2D eigenvalue weighted by Crippen LogP contribution is -2.13. The van der Waals surface area contributed by atoms with Gasteiger partial charge in [0.2, 0.25) is 5.76 Å². The van der Waals surface area contributed by atoms with Crippen LogP contribution in [0.2, 0.25) is 0 Å². The van der Waals surface area contributed by atoms with Crippen molar-refractivity contribution < 1.29 is 9.32 Å². The molecular formula is C15H18N2O2. The molecule has 4 heteroatoms. The van der Waals surface area contributed by atoms with Crippen LogP contribution in [-0.4, -0.2) is 11.1 Å². The number of nitrogens with zero attached hydrogens (tertiary/aromatic N) is 1. The first-order valence-electron chi connectivity index (χ1n) is 6.45. The van der Waals surface area contributed by atoms with Gasteiger partial charge in [-0.1, -0.05) is 37.2 Å². The summed E-state index contributed by atoms with van der Waals surface area (Å²) >= 11 is 0. The molecule has 1 aromatic carbocycles. The maximum absolute atomic E-state index is 12.0. The third-order valence-electron chi connectivity index (χ3n) is 3.20. The van der Waals surface area contributed by atoms with Gasteiger partial charge in [-0.15, -0.1) is 0 Å². The van der Waals surface area contributed by atoms with Crippen LogP contribution in [0.4, 0.5) is 5.69 Å². The number of nitrogens with one attached hydrogen (secondary N) is 1. The van der Waals surface area contributed by atoms with E-state index >= 15 is 0 Å². The number of carbonyl (C=O) groups is 1. The minimum Gasteiger partial charge on any atom is -0.351 e. The molecule has 2 rings (SSSR count). The third kappa shape index (κ3) is 3.02.